The molecular formula is C29H38F5N7O3. The molecule has 2 aromatic rings. The van der Waals surface area contributed by atoms with Crippen LogP contribution in [0.3, 0.4) is 0 Å². The fourth-order valence-electron chi connectivity index (χ4n) is 7.43. The SMILES string of the molecule is C/C(=N/O)C(=N)C(=O)N[C@H](c1nc2nc(C3CC(C(F)F)CCN3C(=O)C34CC(F)(C3)C4)ccc2[nH]1)C1CCC(F)(F)CC1.[HH].[HH]. The molecule has 4 saturated carbocycles. The fraction of sp³-hybridized carbons (Fsp3) is 0.655. The minimum Gasteiger partial charge on any atom is -0.411 e. The van der Waals surface area contributed by atoms with Crippen LogP contribution in [0.15, 0.2) is 17.3 Å². The lowest BCUT2D eigenvalue weighted by Gasteiger charge is -2.65. The lowest BCUT2D eigenvalue weighted by molar-refractivity contribution is -0.225. The Labute approximate surface area is 252 Å². The smallest absolute Gasteiger partial charge is 0.271 e. The van der Waals surface area contributed by atoms with Gasteiger partial charge in [0.15, 0.2) is 5.65 Å². The number of nitrogens with zero attached hydrogens (tertiary/aromatic N) is 4. The van der Waals surface area contributed by atoms with Crippen molar-refractivity contribution in [2.45, 2.75) is 94.8 Å². The molecule has 2 aromatic heterocycles. The molecule has 3 heterocycles. The van der Waals surface area contributed by atoms with Gasteiger partial charge in [-0.25, -0.2) is 31.9 Å². The van der Waals surface area contributed by atoms with Gasteiger partial charge in [-0.2, -0.15) is 0 Å². The summed E-state index contributed by atoms with van der Waals surface area (Å²) in [5.41, 5.74) is -1.94. The number of aromatic nitrogens is 3. The molecule has 2 amide bonds. The number of imidazole rings is 1. The van der Waals surface area contributed by atoms with E-state index in [4.69, 9.17) is 10.6 Å². The van der Waals surface area contributed by atoms with Crippen LogP contribution in [0.4, 0.5) is 22.0 Å². The van der Waals surface area contributed by atoms with Crippen molar-refractivity contribution < 1.29 is 39.6 Å². The minimum atomic E-state index is -2.83. The molecule has 7 rings (SSSR count). The number of rotatable bonds is 8. The van der Waals surface area contributed by atoms with Gasteiger partial charge in [0, 0.05) is 28.2 Å². The summed E-state index contributed by atoms with van der Waals surface area (Å²) in [4.78, 5) is 40.2. The van der Waals surface area contributed by atoms with Crippen LogP contribution < -0.4 is 5.32 Å². The van der Waals surface area contributed by atoms with Crippen LogP contribution in [-0.4, -0.2) is 72.9 Å². The summed E-state index contributed by atoms with van der Waals surface area (Å²) in [5, 5.41) is 22.5. The first kappa shape index (κ1) is 30.4. The van der Waals surface area contributed by atoms with Crippen LogP contribution in [0.25, 0.3) is 11.2 Å². The molecule has 4 aliphatic carbocycles. The van der Waals surface area contributed by atoms with E-state index in [0.29, 0.717) is 11.2 Å². The average Bonchev–Trinajstić information content (AvgIpc) is 3.39. The van der Waals surface area contributed by atoms with E-state index >= 15 is 0 Å². The van der Waals surface area contributed by atoms with Crippen LogP contribution in [-0.2, 0) is 9.59 Å². The van der Waals surface area contributed by atoms with Crippen LogP contribution in [0, 0.1) is 22.7 Å². The maximum absolute atomic E-state index is 14.2. The molecule has 44 heavy (non-hydrogen) atoms. The molecule has 0 spiro atoms. The maximum atomic E-state index is 14.2. The number of nitrogens with one attached hydrogen (secondary N) is 3. The Morgan fingerprint density at radius 1 is 1.14 bits per heavy atom. The third-order valence-corrected chi connectivity index (χ3v) is 9.96. The Morgan fingerprint density at radius 2 is 1.82 bits per heavy atom. The molecule has 5 fully saturated rings. The highest BCUT2D eigenvalue weighted by atomic mass is 19.3. The van der Waals surface area contributed by atoms with E-state index in [1.165, 1.54) is 6.92 Å². The van der Waals surface area contributed by atoms with Gasteiger partial charge in [-0.3, -0.25) is 15.0 Å². The second-order valence-corrected chi connectivity index (χ2v) is 13.0. The van der Waals surface area contributed by atoms with Crippen LogP contribution >= 0.6 is 0 Å². The van der Waals surface area contributed by atoms with Gasteiger partial charge >= 0.3 is 0 Å². The van der Waals surface area contributed by atoms with E-state index in [-0.39, 0.29) is 90.3 Å². The van der Waals surface area contributed by atoms with Crippen molar-refractivity contribution in [3.8, 4) is 0 Å². The number of likely N-dealkylation sites (tertiary alicyclic amines) is 1. The molecule has 2 bridgehead atoms. The van der Waals surface area contributed by atoms with Gasteiger partial charge in [0.25, 0.3) is 5.91 Å². The van der Waals surface area contributed by atoms with Crippen molar-refractivity contribution in [1.29, 1.82) is 5.41 Å². The van der Waals surface area contributed by atoms with E-state index in [0.717, 1.165) is 0 Å². The number of aromatic amines is 1. The molecule has 242 valence electrons. The molecular weight excluding hydrogens is 589 g/mol. The number of halogens is 5. The van der Waals surface area contributed by atoms with Gasteiger partial charge < -0.3 is 20.4 Å². The molecule has 0 radical (unpaired) electrons. The highest BCUT2D eigenvalue weighted by Gasteiger charge is 2.73. The number of amides is 2. The number of alkyl halides is 5. The number of fused-ring (bicyclic) bond motifs is 1. The van der Waals surface area contributed by atoms with E-state index in [1.807, 2.05) is 0 Å². The number of oxime groups is 1. The van der Waals surface area contributed by atoms with Crippen molar-refractivity contribution in [3.63, 3.8) is 0 Å². The summed E-state index contributed by atoms with van der Waals surface area (Å²) in [5.74, 6) is -5.13. The Balaban J connectivity index is 0.00000240. The normalized spacial score (nSPS) is 30.9. The van der Waals surface area contributed by atoms with Gasteiger partial charge in [-0.05, 0) is 69.9 Å². The molecule has 0 aromatic carbocycles. The third kappa shape index (κ3) is 5.31. The molecule has 1 saturated heterocycles. The summed E-state index contributed by atoms with van der Waals surface area (Å²) in [7, 11) is 0. The zero-order chi connectivity index (χ0) is 31.6. The van der Waals surface area contributed by atoms with Gasteiger partial charge in [0.05, 0.1) is 28.7 Å². The van der Waals surface area contributed by atoms with Gasteiger partial charge in [0.1, 0.15) is 22.9 Å². The Morgan fingerprint density at radius 3 is 2.43 bits per heavy atom. The van der Waals surface area contributed by atoms with E-state index in [1.54, 1.807) is 17.0 Å². The standard InChI is InChI=1S/C29H34F5N7O3.2H2/c1-14(40-44)20(35)25(42)38-21(15-4-7-29(33,34)8-5-15)24-37-18-3-2-17(36-23(18)39-24)19-10-16(22(30)31)6-9-41(19)26(43)27-11-28(32,12-27)13-27;;/h2-3,15-16,19,21-22,35,44H,4-13H2,1H3,(H,38,42)(H,36,37,39);2*1H/b35-20?,40-14-;;/t16?,19?,21-,27?,28?;;/m0../s1. The summed E-state index contributed by atoms with van der Waals surface area (Å²) in [6.07, 6.45) is -2.64. The van der Waals surface area contributed by atoms with Gasteiger partial charge in [0.2, 0.25) is 18.3 Å². The summed E-state index contributed by atoms with van der Waals surface area (Å²) < 4.78 is 69.8. The van der Waals surface area contributed by atoms with E-state index in [2.05, 4.69) is 25.4 Å². The molecule has 5 aliphatic rings. The van der Waals surface area contributed by atoms with Crippen LogP contribution in [0.1, 0.15) is 91.2 Å². The zero-order valence-electron chi connectivity index (χ0n) is 24.1. The number of piperidine rings is 1. The topological polar surface area (TPSA) is 147 Å². The monoisotopic (exact) mass is 627 g/mol. The zero-order valence-corrected chi connectivity index (χ0v) is 24.1. The van der Waals surface area contributed by atoms with Crippen LogP contribution in [0.2, 0.25) is 0 Å². The van der Waals surface area contributed by atoms with E-state index in [9.17, 15) is 31.5 Å². The first-order valence-electron chi connectivity index (χ1n) is 14.8. The molecule has 15 heteroatoms. The number of pyridine rings is 1. The highest BCUT2D eigenvalue weighted by Crippen LogP contribution is 2.70. The summed E-state index contributed by atoms with van der Waals surface area (Å²) in [6, 6.07) is 1.59. The highest BCUT2D eigenvalue weighted by molar-refractivity contribution is 6.65. The quantitative estimate of drug-likeness (QED) is 0.128. The van der Waals surface area contributed by atoms with Crippen molar-refractivity contribution in [1.82, 2.24) is 25.2 Å². The first-order valence-corrected chi connectivity index (χ1v) is 14.8. The minimum absolute atomic E-state index is 0. The third-order valence-electron chi connectivity index (χ3n) is 9.96. The van der Waals surface area contributed by atoms with Crippen molar-refractivity contribution in [2.24, 2.45) is 22.4 Å². The number of hydrogen-bond donors (Lipinski definition) is 4. The lowest BCUT2D eigenvalue weighted by Crippen LogP contribution is -2.70. The Hall–Kier alpha value is -3.65. The molecule has 10 nitrogen and oxygen atoms in total. The maximum Gasteiger partial charge on any atom is 0.271 e. The fourth-order valence-corrected chi connectivity index (χ4v) is 7.43. The number of carbonyl (C=O) groups is 2. The molecule has 3 atom stereocenters. The largest absolute Gasteiger partial charge is 0.411 e. The number of carbonyl (C=O) groups excluding carboxylic acids is 2. The van der Waals surface area contributed by atoms with Crippen molar-refractivity contribution in [3.05, 3.63) is 23.7 Å². The summed E-state index contributed by atoms with van der Waals surface area (Å²) >= 11 is 0. The van der Waals surface area contributed by atoms with Gasteiger partial charge in [-0.1, -0.05) is 5.16 Å². The molecule has 1 aliphatic heterocycles. The summed E-state index contributed by atoms with van der Waals surface area (Å²) in [6.45, 7) is 1.38. The molecule has 2 unspecified atom stereocenters. The van der Waals surface area contributed by atoms with Crippen molar-refractivity contribution in [2.75, 3.05) is 6.54 Å². The average molecular weight is 628 g/mol. The first-order chi connectivity index (χ1) is 20.7. The molecule has 4 N–H and O–H groups in total. The Kier molecular flexibility index (Phi) is 7.43. The van der Waals surface area contributed by atoms with E-state index < -0.39 is 59.0 Å². The van der Waals surface area contributed by atoms with Crippen molar-refractivity contribution >= 4 is 34.4 Å². The Bertz CT molecular complexity index is 1510. The lowest BCUT2D eigenvalue weighted by atomic mass is 9.41. The predicted molar refractivity (Wildman–Crippen MR) is 152 cm³/mol. The van der Waals surface area contributed by atoms with Gasteiger partial charge in [-0.15, -0.1) is 0 Å². The number of hydrogen-bond acceptors (Lipinski definition) is 7. The second-order valence-electron chi connectivity index (χ2n) is 13.0. The second kappa shape index (κ2) is 10.8. The predicted octanol–water partition coefficient (Wildman–Crippen LogP) is 5.74. The van der Waals surface area contributed by atoms with Crippen LogP contribution in [0.5, 0.6) is 0 Å². The number of H-pyrrole nitrogens is 1.